The third kappa shape index (κ3) is 5.76. The van der Waals surface area contributed by atoms with Gasteiger partial charge in [0.05, 0.1) is 27.3 Å². The zero-order valence-electron chi connectivity index (χ0n) is 18.7. The number of nitrogens with one attached hydrogen (secondary N) is 1. The highest BCUT2D eigenvalue weighted by Gasteiger charge is 2.29. The first-order valence-corrected chi connectivity index (χ1v) is 10.8. The van der Waals surface area contributed by atoms with Gasteiger partial charge in [-0.25, -0.2) is 0 Å². The molecule has 1 fully saturated rings. The molecule has 162 valence electrons. The van der Waals surface area contributed by atoms with Crippen molar-refractivity contribution in [2.45, 2.75) is 32.7 Å². The summed E-state index contributed by atoms with van der Waals surface area (Å²) in [5.41, 5.74) is 3.83. The third-order valence-corrected chi connectivity index (χ3v) is 6.18. The summed E-state index contributed by atoms with van der Waals surface area (Å²) in [6.45, 7) is 6.01. The van der Waals surface area contributed by atoms with Crippen LogP contribution in [-0.4, -0.2) is 51.7 Å². The lowest BCUT2D eigenvalue weighted by Crippen LogP contribution is -3.11. The Hall–Kier alpha value is -2.53. The van der Waals surface area contributed by atoms with E-state index in [0.717, 1.165) is 56.0 Å². The summed E-state index contributed by atoms with van der Waals surface area (Å²) in [6.07, 6.45) is 2.75. The van der Waals surface area contributed by atoms with E-state index in [1.807, 2.05) is 30.1 Å². The highest BCUT2D eigenvalue weighted by Crippen LogP contribution is 2.27. The van der Waals surface area contributed by atoms with Crippen LogP contribution < -0.4 is 14.4 Å². The minimum atomic E-state index is 0.155. The number of amides is 1. The van der Waals surface area contributed by atoms with Gasteiger partial charge in [-0.05, 0) is 31.0 Å². The molecule has 1 amide bonds. The SMILES string of the molecule is COc1ccc(CCN(C)C(=O)C2CC[NH+](Cc3ccc(C)cc3)CC2)cc1OC. The molecule has 2 aromatic rings. The molecule has 3 rings (SSSR count). The van der Waals surface area contributed by atoms with Gasteiger partial charge in [0.2, 0.25) is 5.91 Å². The number of hydrogen-bond donors (Lipinski definition) is 1. The van der Waals surface area contributed by atoms with Crippen molar-refractivity contribution in [1.82, 2.24) is 4.90 Å². The zero-order valence-corrected chi connectivity index (χ0v) is 18.7. The minimum Gasteiger partial charge on any atom is -0.493 e. The maximum atomic E-state index is 12.9. The Balaban J connectivity index is 1.45. The van der Waals surface area contributed by atoms with Crippen molar-refractivity contribution >= 4 is 5.91 Å². The van der Waals surface area contributed by atoms with Crippen LogP contribution in [0, 0.1) is 12.8 Å². The number of carbonyl (C=O) groups is 1. The Kier molecular flexibility index (Phi) is 7.75. The summed E-state index contributed by atoms with van der Waals surface area (Å²) in [5, 5.41) is 0. The Morgan fingerprint density at radius 3 is 2.27 bits per heavy atom. The second-order valence-electron chi connectivity index (χ2n) is 8.39. The van der Waals surface area contributed by atoms with Gasteiger partial charge in [0.15, 0.2) is 11.5 Å². The molecule has 5 nitrogen and oxygen atoms in total. The van der Waals surface area contributed by atoms with Crippen LogP contribution in [0.25, 0.3) is 0 Å². The van der Waals surface area contributed by atoms with Crippen molar-refractivity contribution in [3.8, 4) is 11.5 Å². The molecular weight excluding hydrogens is 376 g/mol. The van der Waals surface area contributed by atoms with Gasteiger partial charge < -0.3 is 19.3 Å². The Labute approximate surface area is 180 Å². The summed E-state index contributed by atoms with van der Waals surface area (Å²) >= 11 is 0. The Bertz CT molecular complexity index is 827. The van der Waals surface area contributed by atoms with Crippen LogP contribution in [0.5, 0.6) is 11.5 Å². The Morgan fingerprint density at radius 2 is 1.63 bits per heavy atom. The number of likely N-dealkylation sites (tertiary alicyclic amines) is 1. The summed E-state index contributed by atoms with van der Waals surface area (Å²) in [5.74, 6) is 1.89. The van der Waals surface area contributed by atoms with Crippen LogP contribution >= 0.6 is 0 Å². The maximum absolute atomic E-state index is 12.9. The largest absolute Gasteiger partial charge is 0.493 e. The van der Waals surface area contributed by atoms with Crippen molar-refractivity contribution in [2.75, 3.05) is 40.9 Å². The van der Waals surface area contributed by atoms with E-state index in [9.17, 15) is 4.79 Å². The van der Waals surface area contributed by atoms with Crippen molar-refractivity contribution in [3.05, 3.63) is 59.2 Å². The number of likely N-dealkylation sites (N-methyl/N-ethyl adjacent to an activating group) is 1. The van der Waals surface area contributed by atoms with Gasteiger partial charge in [0.25, 0.3) is 0 Å². The third-order valence-electron chi connectivity index (χ3n) is 6.18. The topological polar surface area (TPSA) is 43.2 Å². The van der Waals surface area contributed by atoms with Crippen LogP contribution in [0.2, 0.25) is 0 Å². The van der Waals surface area contributed by atoms with Crippen LogP contribution in [-0.2, 0) is 17.8 Å². The van der Waals surface area contributed by atoms with E-state index in [4.69, 9.17) is 9.47 Å². The van der Waals surface area contributed by atoms with Gasteiger partial charge in [0, 0.05) is 37.9 Å². The highest BCUT2D eigenvalue weighted by atomic mass is 16.5. The standard InChI is InChI=1S/C25H34N2O3/c1-19-5-7-21(8-6-19)18-27-15-12-22(13-16-27)25(28)26(2)14-11-20-9-10-23(29-3)24(17-20)30-4/h5-10,17,22H,11-16,18H2,1-4H3/p+1. The van der Waals surface area contributed by atoms with Crippen LogP contribution in [0.15, 0.2) is 42.5 Å². The molecule has 0 atom stereocenters. The number of rotatable bonds is 8. The van der Waals surface area contributed by atoms with Gasteiger partial charge in [-0.3, -0.25) is 4.79 Å². The molecule has 2 aromatic carbocycles. The van der Waals surface area contributed by atoms with E-state index in [-0.39, 0.29) is 11.8 Å². The van der Waals surface area contributed by atoms with E-state index < -0.39 is 0 Å². The second-order valence-corrected chi connectivity index (χ2v) is 8.39. The molecule has 0 radical (unpaired) electrons. The number of hydrogen-bond acceptors (Lipinski definition) is 3. The molecule has 0 saturated carbocycles. The fourth-order valence-electron chi connectivity index (χ4n) is 4.20. The average Bonchev–Trinajstić information content (AvgIpc) is 2.78. The van der Waals surface area contributed by atoms with Crippen molar-refractivity contribution in [1.29, 1.82) is 0 Å². The molecule has 0 aliphatic carbocycles. The minimum absolute atomic E-state index is 0.155. The molecule has 5 heteroatoms. The fraction of sp³-hybridized carbons (Fsp3) is 0.480. The first-order chi connectivity index (χ1) is 14.5. The van der Waals surface area contributed by atoms with Crippen molar-refractivity contribution in [3.63, 3.8) is 0 Å². The molecule has 1 aliphatic heterocycles. The molecule has 0 aromatic heterocycles. The van der Waals surface area contributed by atoms with Gasteiger partial charge >= 0.3 is 0 Å². The monoisotopic (exact) mass is 411 g/mol. The first kappa shape index (κ1) is 22.2. The number of nitrogens with zero attached hydrogens (tertiary/aromatic N) is 1. The molecule has 1 heterocycles. The molecule has 1 N–H and O–H groups in total. The smallest absolute Gasteiger partial charge is 0.225 e. The van der Waals surface area contributed by atoms with Gasteiger partial charge in [-0.2, -0.15) is 0 Å². The fourth-order valence-corrected chi connectivity index (χ4v) is 4.20. The molecular formula is C25H35N2O3+. The number of aryl methyl sites for hydroxylation is 1. The lowest BCUT2D eigenvalue weighted by atomic mass is 9.95. The Morgan fingerprint density at radius 1 is 1.00 bits per heavy atom. The lowest BCUT2D eigenvalue weighted by molar-refractivity contribution is -0.919. The predicted molar refractivity (Wildman–Crippen MR) is 119 cm³/mol. The van der Waals surface area contributed by atoms with Gasteiger partial charge in [-0.15, -0.1) is 0 Å². The van der Waals surface area contributed by atoms with Gasteiger partial charge in [0.1, 0.15) is 6.54 Å². The molecule has 30 heavy (non-hydrogen) atoms. The number of benzene rings is 2. The number of quaternary nitrogens is 1. The van der Waals surface area contributed by atoms with E-state index in [2.05, 4.69) is 31.2 Å². The number of piperidine rings is 1. The first-order valence-electron chi connectivity index (χ1n) is 10.8. The second kappa shape index (κ2) is 10.5. The number of ether oxygens (including phenoxy) is 2. The highest BCUT2D eigenvalue weighted by molar-refractivity contribution is 5.78. The number of methoxy groups -OCH3 is 2. The lowest BCUT2D eigenvalue weighted by Gasteiger charge is -2.31. The van der Waals surface area contributed by atoms with Crippen molar-refractivity contribution < 1.29 is 19.2 Å². The normalized spacial score (nSPS) is 18.7. The van der Waals surface area contributed by atoms with Gasteiger partial charge in [-0.1, -0.05) is 35.9 Å². The van der Waals surface area contributed by atoms with E-state index >= 15 is 0 Å². The van der Waals surface area contributed by atoms with Crippen LogP contribution in [0.4, 0.5) is 0 Å². The summed E-state index contributed by atoms with van der Waals surface area (Å²) in [6, 6.07) is 14.7. The summed E-state index contributed by atoms with van der Waals surface area (Å²) in [4.78, 5) is 16.4. The van der Waals surface area contributed by atoms with E-state index in [1.165, 1.54) is 11.1 Å². The summed E-state index contributed by atoms with van der Waals surface area (Å²) in [7, 11) is 5.21. The molecule has 0 unspecified atom stereocenters. The van der Waals surface area contributed by atoms with E-state index in [1.54, 1.807) is 19.1 Å². The van der Waals surface area contributed by atoms with Crippen LogP contribution in [0.1, 0.15) is 29.5 Å². The molecule has 0 spiro atoms. The van der Waals surface area contributed by atoms with E-state index in [0.29, 0.717) is 6.54 Å². The summed E-state index contributed by atoms with van der Waals surface area (Å²) < 4.78 is 10.7. The molecule has 0 bridgehead atoms. The quantitative estimate of drug-likeness (QED) is 0.726. The molecule has 1 aliphatic rings. The number of carbonyl (C=O) groups excluding carboxylic acids is 1. The van der Waals surface area contributed by atoms with Crippen molar-refractivity contribution in [2.24, 2.45) is 5.92 Å². The average molecular weight is 412 g/mol. The zero-order chi connectivity index (χ0) is 21.5. The van der Waals surface area contributed by atoms with Crippen LogP contribution in [0.3, 0.4) is 0 Å². The maximum Gasteiger partial charge on any atom is 0.225 e. The predicted octanol–water partition coefficient (Wildman–Crippen LogP) is 2.51. The molecule has 1 saturated heterocycles.